The van der Waals surface area contributed by atoms with Crippen molar-refractivity contribution in [2.75, 3.05) is 31.3 Å². The predicted octanol–water partition coefficient (Wildman–Crippen LogP) is 2.84. The molecule has 31 heavy (non-hydrogen) atoms. The van der Waals surface area contributed by atoms with Gasteiger partial charge in [0.1, 0.15) is 5.75 Å². The lowest BCUT2D eigenvalue weighted by Gasteiger charge is -2.24. The van der Waals surface area contributed by atoms with E-state index in [-0.39, 0.29) is 18.4 Å². The fraction of sp³-hybridized carbons (Fsp3) is 0.200. The number of anilines is 2. The molecule has 3 aromatic carbocycles. The molecule has 2 atom stereocenters. The molecule has 0 bridgehead atoms. The van der Waals surface area contributed by atoms with Gasteiger partial charge in [-0.3, -0.25) is 9.59 Å². The average Bonchev–Trinajstić information content (AvgIpc) is 2.76. The number of rotatable bonds is 8. The van der Waals surface area contributed by atoms with Crippen LogP contribution < -0.4 is 20.3 Å². The molecule has 6 heteroatoms. The zero-order valence-electron chi connectivity index (χ0n) is 18.0. The highest BCUT2D eigenvalue weighted by Gasteiger charge is 2.30. The van der Waals surface area contributed by atoms with Crippen molar-refractivity contribution in [3.05, 3.63) is 90.0 Å². The van der Waals surface area contributed by atoms with E-state index in [1.807, 2.05) is 68.6 Å². The maximum atomic E-state index is 13.2. The Kier molecular flexibility index (Phi) is 7.40. The monoisotopic (exact) mass is 418 g/mol. The van der Waals surface area contributed by atoms with Gasteiger partial charge < -0.3 is 20.3 Å². The van der Waals surface area contributed by atoms with Crippen molar-refractivity contribution >= 4 is 23.2 Å². The number of carbonyl (C=O) groups excluding carboxylic acids is 2. The molecular formula is C25H28N3O3+. The van der Waals surface area contributed by atoms with E-state index in [1.165, 1.54) is 0 Å². The second kappa shape index (κ2) is 10.4. The zero-order chi connectivity index (χ0) is 22.2. The number of quaternary nitrogens is 1. The summed E-state index contributed by atoms with van der Waals surface area (Å²) in [6.45, 7) is 2.13. The zero-order valence-corrected chi connectivity index (χ0v) is 18.0. The summed E-state index contributed by atoms with van der Waals surface area (Å²) in [5.74, 6) is 0.384. The first-order chi connectivity index (χ1) is 15.0. The summed E-state index contributed by atoms with van der Waals surface area (Å²) >= 11 is 0. The molecule has 0 aromatic heterocycles. The van der Waals surface area contributed by atoms with Gasteiger partial charge in [-0.15, -0.1) is 0 Å². The lowest BCUT2D eigenvalue weighted by atomic mass is 10.0. The van der Waals surface area contributed by atoms with Crippen LogP contribution in [0.25, 0.3) is 0 Å². The number of ether oxygens (including phenoxy) is 1. The van der Waals surface area contributed by atoms with E-state index in [4.69, 9.17) is 4.74 Å². The van der Waals surface area contributed by atoms with Crippen LogP contribution in [-0.2, 0) is 9.59 Å². The first-order valence-electron chi connectivity index (χ1n) is 10.1. The highest BCUT2D eigenvalue weighted by atomic mass is 16.5. The Morgan fingerprint density at radius 1 is 0.871 bits per heavy atom. The summed E-state index contributed by atoms with van der Waals surface area (Å²) < 4.78 is 5.14. The van der Waals surface area contributed by atoms with E-state index in [1.54, 1.807) is 31.4 Å². The smallest absolute Gasteiger partial charge is 0.287 e. The molecule has 6 nitrogen and oxygen atoms in total. The van der Waals surface area contributed by atoms with E-state index in [2.05, 4.69) is 10.6 Å². The van der Waals surface area contributed by atoms with Crippen molar-refractivity contribution in [1.29, 1.82) is 0 Å². The maximum absolute atomic E-state index is 13.2. The molecular weight excluding hydrogens is 390 g/mol. The summed E-state index contributed by atoms with van der Waals surface area (Å²) in [5, 5.41) is 5.86. The van der Waals surface area contributed by atoms with Crippen molar-refractivity contribution in [2.24, 2.45) is 0 Å². The van der Waals surface area contributed by atoms with E-state index in [0.29, 0.717) is 5.69 Å². The molecule has 0 heterocycles. The van der Waals surface area contributed by atoms with Gasteiger partial charge in [0.05, 0.1) is 14.2 Å². The first-order valence-corrected chi connectivity index (χ1v) is 10.1. The third-order valence-electron chi connectivity index (χ3n) is 5.02. The fourth-order valence-electron chi connectivity index (χ4n) is 3.39. The van der Waals surface area contributed by atoms with Crippen LogP contribution in [0.1, 0.15) is 17.2 Å². The SMILES string of the molecule is COc1ccc(NC(=O)C[NH+](C)[C@@H](C(=O)Nc2ccc(C)cc2)c2ccccc2)cc1. The number of nitrogens with one attached hydrogen (secondary N) is 3. The number of carbonyl (C=O) groups is 2. The summed E-state index contributed by atoms with van der Waals surface area (Å²) in [6, 6.07) is 23.8. The highest BCUT2D eigenvalue weighted by Crippen LogP contribution is 2.16. The van der Waals surface area contributed by atoms with Gasteiger partial charge in [0.25, 0.3) is 11.8 Å². The lowest BCUT2D eigenvalue weighted by molar-refractivity contribution is -0.893. The van der Waals surface area contributed by atoms with Gasteiger partial charge in [0, 0.05) is 16.9 Å². The minimum Gasteiger partial charge on any atom is -0.497 e. The Hall–Kier alpha value is -3.64. The Bertz CT molecular complexity index is 1000. The van der Waals surface area contributed by atoms with Crippen LogP contribution >= 0.6 is 0 Å². The van der Waals surface area contributed by atoms with Gasteiger partial charge in [-0.1, -0.05) is 48.0 Å². The van der Waals surface area contributed by atoms with Gasteiger partial charge in [-0.05, 0) is 43.3 Å². The van der Waals surface area contributed by atoms with Gasteiger partial charge in [0.2, 0.25) is 0 Å². The van der Waals surface area contributed by atoms with Crippen LogP contribution in [-0.4, -0.2) is 32.5 Å². The van der Waals surface area contributed by atoms with Crippen molar-refractivity contribution in [2.45, 2.75) is 13.0 Å². The number of methoxy groups -OCH3 is 1. The molecule has 0 fully saturated rings. The molecule has 2 amide bonds. The number of likely N-dealkylation sites (N-methyl/N-ethyl adjacent to an activating group) is 1. The number of hydrogen-bond donors (Lipinski definition) is 3. The minimum atomic E-state index is -0.538. The van der Waals surface area contributed by atoms with Crippen molar-refractivity contribution < 1.29 is 19.2 Å². The Morgan fingerprint density at radius 2 is 1.45 bits per heavy atom. The molecule has 0 radical (unpaired) electrons. The number of hydrogen-bond acceptors (Lipinski definition) is 3. The third-order valence-corrected chi connectivity index (χ3v) is 5.02. The maximum Gasteiger partial charge on any atom is 0.287 e. The molecule has 160 valence electrons. The van der Waals surface area contributed by atoms with Crippen LogP contribution in [0.3, 0.4) is 0 Å². The van der Waals surface area contributed by atoms with E-state index < -0.39 is 6.04 Å². The normalized spacial score (nSPS) is 12.5. The minimum absolute atomic E-state index is 0.132. The lowest BCUT2D eigenvalue weighted by Crippen LogP contribution is -3.11. The molecule has 0 saturated carbocycles. The topological polar surface area (TPSA) is 71.9 Å². The van der Waals surface area contributed by atoms with E-state index in [0.717, 1.165) is 27.5 Å². The molecule has 1 unspecified atom stereocenters. The van der Waals surface area contributed by atoms with Crippen molar-refractivity contribution in [3.63, 3.8) is 0 Å². The Balaban J connectivity index is 1.72. The molecule has 0 spiro atoms. The average molecular weight is 419 g/mol. The Labute approximate surface area is 182 Å². The Morgan fingerprint density at radius 3 is 2.06 bits per heavy atom. The molecule has 0 aliphatic rings. The van der Waals surface area contributed by atoms with Gasteiger partial charge in [-0.25, -0.2) is 0 Å². The largest absolute Gasteiger partial charge is 0.497 e. The standard InChI is InChI=1S/C25H27N3O3/c1-18-9-11-21(12-10-18)27-25(30)24(19-7-5-4-6-8-19)28(2)17-23(29)26-20-13-15-22(31-3)16-14-20/h4-16,24H,17H2,1-3H3,(H,26,29)(H,27,30)/p+1/t24-/m1/s1. The summed E-state index contributed by atoms with van der Waals surface area (Å²) in [6.07, 6.45) is 0. The number of benzene rings is 3. The highest BCUT2D eigenvalue weighted by molar-refractivity contribution is 5.95. The van der Waals surface area contributed by atoms with E-state index >= 15 is 0 Å². The predicted molar refractivity (Wildman–Crippen MR) is 122 cm³/mol. The molecule has 3 rings (SSSR count). The van der Waals surface area contributed by atoms with Gasteiger partial charge >= 0.3 is 0 Å². The van der Waals surface area contributed by atoms with Crippen LogP contribution in [0.4, 0.5) is 11.4 Å². The van der Waals surface area contributed by atoms with Crippen LogP contribution in [0, 0.1) is 6.92 Å². The molecule has 3 N–H and O–H groups in total. The third kappa shape index (κ3) is 6.17. The number of aryl methyl sites for hydroxylation is 1. The first kappa shape index (κ1) is 22.1. The molecule has 3 aromatic rings. The van der Waals surface area contributed by atoms with Crippen molar-refractivity contribution in [1.82, 2.24) is 0 Å². The van der Waals surface area contributed by atoms with Crippen LogP contribution in [0.5, 0.6) is 5.75 Å². The summed E-state index contributed by atoms with van der Waals surface area (Å²) in [4.78, 5) is 26.6. The van der Waals surface area contributed by atoms with Gasteiger partial charge in [-0.2, -0.15) is 0 Å². The van der Waals surface area contributed by atoms with Crippen molar-refractivity contribution in [3.8, 4) is 5.75 Å². The second-order valence-electron chi connectivity index (χ2n) is 7.50. The molecule has 0 saturated heterocycles. The van der Waals surface area contributed by atoms with Crippen LogP contribution in [0.15, 0.2) is 78.9 Å². The van der Waals surface area contributed by atoms with E-state index in [9.17, 15) is 9.59 Å². The second-order valence-corrected chi connectivity index (χ2v) is 7.50. The number of amides is 2. The quantitative estimate of drug-likeness (QED) is 0.527. The van der Waals surface area contributed by atoms with Gasteiger partial charge in [0.15, 0.2) is 12.6 Å². The summed E-state index contributed by atoms with van der Waals surface area (Å²) in [7, 11) is 3.44. The fourth-order valence-corrected chi connectivity index (χ4v) is 3.39. The van der Waals surface area contributed by atoms with Crippen LogP contribution in [0.2, 0.25) is 0 Å². The molecule has 0 aliphatic carbocycles. The summed E-state index contributed by atoms with van der Waals surface area (Å²) in [5.41, 5.74) is 3.38. The molecule has 0 aliphatic heterocycles.